The van der Waals surface area contributed by atoms with Crippen molar-refractivity contribution in [3.8, 4) is 0 Å². The van der Waals surface area contributed by atoms with Crippen molar-refractivity contribution >= 4 is 34.6 Å². The van der Waals surface area contributed by atoms with Gasteiger partial charge in [0.1, 0.15) is 5.52 Å². The van der Waals surface area contributed by atoms with Gasteiger partial charge in [0.15, 0.2) is 16.4 Å². The molecule has 1 N–H and O–H groups in total. The number of aromatic nitrogens is 2. The molecule has 1 aliphatic carbocycles. The Balaban J connectivity index is 2.03. The van der Waals surface area contributed by atoms with Gasteiger partial charge in [0, 0.05) is 4.88 Å². The number of fused-ring (bicyclic) bond motifs is 2. The number of hydrogen-bond acceptors (Lipinski definition) is 2. The second-order valence-corrected chi connectivity index (χ2v) is 6.65. The first kappa shape index (κ1) is 13.2. The predicted molar refractivity (Wildman–Crippen MR) is 82.4 cm³/mol. The maximum absolute atomic E-state index is 14.3. The zero-order valence-electron chi connectivity index (χ0n) is 11.0. The van der Waals surface area contributed by atoms with Crippen LogP contribution in [0.15, 0.2) is 23.6 Å². The number of nitrogens with one attached hydrogen (secondary N) is 1. The third-order valence-electron chi connectivity index (χ3n) is 4.10. The summed E-state index contributed by atoms with van der Waals surface area (Å²) in [5, 5.41) is 2.05. The van der Waals surface area contributed by atoms with Crippen LogP contribution < -0.4 is 0 Å². The SMILES string of the molecule is Fc1ccc2[nH]c(=S)n(C3CCCc4sccc43)c2c1F. The predicted octanol–water partition coefficient (Wildman–Crippen LogP) is 4.96. The maximum Gasteiger partial charge on any atom is 0.184 e. The van der Waals surface area contributed by atoms with Gasteiger partial charge in [-0.15, -0.1) is 11.3 Å². The van der Waals surface area contributed by atoms with Gasteiger partial charge in [0.25, 0.3) is 0 Å². The minimum Gasteiger partial charge on any atom is -0.330 e. The Morgan fingerprint density at radius 1 is 1.29 bits per heavy atom. The van der Waals surface area contributed by atoms with Crippen LogP contribution in [0.25, 0.3) is 11.0 Å². The summed E-state index contributed by atoms with van der Waals surface area (Å²) >= 11 is 7.08. The highest BCUT2D eigenvalue weighted by Gasteiger charge is 2.26. The third-order valence-corrected chi connectivity index (χ3v) is 5.40. The molecule has 0 bridgehead atoms. The van der Waals surface area contributed by atoms with E-state index in [9.17, 15) is 8.78 Å². The van der Waals surface area contributed by atoms with Crippen LogP contribution in [0.1, 0.15) is 29.3 Å². The zero-order valence-corrected chi connectivity index (χ0v) is 12.7. The van der Waals surface area contributed by atoms with Gasteiger partial charge < -0.3 is 9.55 Å². The number of halogens is 2. The number of aryl methyl sites for hydroxylation is 1. The van der Waals surface area contributed by atoms with Crippen LogP contribution in [0.2, 0.25) is 0 Å². The van der Waals surface area contributed by atoms with Gasteiger partial charge in [0.05, 0.1) is 11.6 Å². The van der Waals surface area contributed by atoms with E-state index in [1.54, 1.807) is 15.9 Å². The van der Waals surface area contributed by atoms with E-state index in [0.29, 0.717) is 10.3 Å². The average molecular weight is 322 g/mol. The van der Waals surface area contributed by atoms with Gasteiger partial charge in [-0.25, -0.2) is 8.78 Å². The van der Waals surface area contributed by atoms with Crippen LogP contribution in [0, 0.1) is 16.4 Å². The molecule has 4 rings (SSSR count). The lowest BCUT2D eigenvalue weighted by atomic mass is 9.94. The van der Waals surface area contributed by atoms with Crippen LogP contribution in [0.5, 0.6) is 0 Å². The highest BCUT2D eigenvalue weighted by molar-refractivity contribution is 7.71. The minimum absolute atomic E-state index is 0.0162. The fourth-order valence-corrected chi connectivity index (χ4v) is 4.49. The summed E-state index contributed by atoms with van der Waals surface area (Å²) in [6.45, 7) is 0. The Bertz CT molecular complexity index is 891. The molecule has 3 aromatic rings. The zero-order chi connectivity index (χ0) is 14.6. The van der Waals surface area contributed by atoms with Crippen LogP contribution in [-0.2, 0) is 6.42 Å². The second-order valence-electron chi connectivity index (χ2n) is 5.26. The van der Waals surface area contributed by atoms with E-state index >= 15 is 0 Å². The van der Waals surface area contributed by atoms with Crippen molar-refractivity contribution in [2.75, 3.05) is 0 Å². The first-order valence-corrected chi connectivity index (χ1v) is 8.10. The van der Waals surface area contributed by atoms with Gasteiger partial charge in [-0.05, 0) is 60.6 Å². The lowest BCUT2D eigenvalue weighted by Crippen LogP contribution is -2.16. The molecular weight excluding hydrogens is 310 g/mol. The van der Waals surface area contributed by atoms with Crippen LogP contribution in [0.3, 0.4) is 0 Å². The molecule has 2 nitrogen and oxygen atoms in total. The normalized spacial score (nSPS) is 18.1. The van der Waals surface area contributed by atoms with E-state index in [0.717, 1.165) is 25.3 Å². The number of imidazole rings is 1. The van der Waals surface area contributed by atoms with E-state index in [2.05, 4.69) is 16.4 Å². The summed E-state index contributed by atoms with van der Waals surface area (Å²) in [5.41, 5.74) is 1.97. The van der Waals surface area contributed by atoms with Gasteiger partial charge >= 0.3 is 0 Å². The molecule has 0 aliphatic heterocycles. The molecule has 21 heavy (non-hydrogen) atoms. The van der Waals surface area contributed by atoms with E-state index in [-0.39, 0.29) is 11.6 Å². The summed E-state index contributed by atoms with van der Waals surface area (Å²) in [6.07, 6.45) is 2.97. The molecule has 1 aliphatic rings. The molecule has 1 aromatic carbocycles. The quantitative estimate of drug-likeness (QED) is 0.628. The highest BCUT2D eigenvalue weighted by atomic mass is 32.1. The minimum atomic E-state index is -0.841. The molecule has 0 radical (unpaired) electrons. The molecule has 1 unspecified atom stereocenters. The van der Waals surface area contributed by atoms with Gasteiger partial charge in [0.2, 0.25) is 0 Å². The maximum atomic E-state index is 14.3. The monoisotopic (exact) mass is 322 g/mol. The van der Waals surface area contributed by atoms with Crippen LogP contribution in [0.4, 0.5) is 8.78 Å². The Morgan fingerprint density at radius 2 is 2.14 bits per heavy atom. The van der Waals surface area contributed by atoms with Crippen LogP contribution in [-0.4, -0.2) is 9.55 Å². The summed E-state index contributed by atoms with van der Waals surface area (Å²) in [7, 11) is 0. The van der Waals surface area contributed by atoms with E-state index in [4.69, 9.17) is 12.2 Å². The average Bonchev–Trinajstić information content (AvgIpc) is 3.07. The Morgan fingerprint density at radius 3 is 3.00 bits per heavy atom. The number of H-pyrrole nitrogens is 1. The molecule has 0 amide bonds. The summed E-state index contributed by atoms with van der Waals surface area (Å²) < 4.78 is 30.1. The Hall–Kier alpha value is -1.53. The molecule has 1 atom stereocenters. The largest absolute Gasteiger partial charge is 0.330 e. The lowest BCUT2D eigenvalue weighted by molar-refractivity contribution is 0.480. The van der Waals surface area contributed by atoms with Gasteiger partial charge in [-0.3, -0.25) is 0 Å². The number of rotatable bonds is 1. The summed E-state index contributed by atoms with van der Waals surface area (Å²) in [6, 6.07) is 4.72. The molecule has 108 valence electrons. The lowest BCUT2D eigenvalue weighted by Gasteiger charge is -2.24. The first-order chi connectivity index (χ1) is 10.2. The molecule has 0 saturated carbocycles. The number of aromatic amines is 1. The molecule has 0 fully saturated rings. The van der Waals surface area contributed by atoms with Crippen LogP contribution >= 0.6 is 23.6 Å². The standard InChI is InChI=1S/C15H12F2N2S2/c16-9-4-5-10-14(13(9)17)19(15(20)18-10)11-2-1-3-12-8(11)6-7-21-12/h4-7,11H,1-3H2,(H,18,20). The second kappa shape index (κ2) is 4.74. The summed E-state index contributed by atoms with van der Waals surface area (Å²) in [4.78, 5) is 4.31. The van der Waals surface area contributed by atoms with Crippen molar-refractivity contribution in [2.24, 2.45) is 0 Å². The summed E-state index contributed by atoms with van der Waals surface area (Å²) in [5.74, 6) is -1.67. The highest BCUT2D eigenvalue weighted by Crippen LogP contribution is 2.38. The van der Waals surface area contributed by atoms with E-state index in [1.807, 2.05) is 0 Å². The fraction of sp³-hybridized carbons (Fsp3) is 0.267. The van der Waals surface area contributed by atoms with Crippen molar-refractivity contribution in [3.63, 3.8) is 0 Å². The molecule has 2 aromatic heterocycles. The Kier molecular flexibility index (Phi) is 2.97. The number of thiophene rings is 1. The number of nitrogens with zero attached hydrogens (tertiary/aromatic N) is 1. The van der Waals surface area contributed by atoms with Crippen molar-refractivity contribution in [3.05, 3.63) is 50.4 Å². The first-order valence-electron chi connectivity index (χ1n) is 6.81. The molecular formula is C15H12F2N2S2. The van der Waals surface area contributed by atoms with Crippen molar-refractivity contribution in [2.45, 2.75) is 25.3 Å². The molecule has 0 saturated heterocycles. The van der Waals surface area contributed by atoms with Crippen molar-refractivity contribution in [1.82, 2.24) is 9.55 Å². The van der Waals surface area contributed by atoms with Crippen molar-refractivity contribution < 1.29 is 8.78 Å². The third kappa shape index (κ3) is 1.89. The van der Waals surface area contributed by atoms with Gasteiger partial charge in [-0.1, -0.05) is 0 Å². The smallest absolute Gasteiger partial charge is 0.184 e. The topological polar surface area (TPSA) is 20.7 Å². The fourth-order valence-electron chi connectivity index (χ4n) is 3.18. The number of hydrogen-bond donors (Lipinski definition) is 1. The van der Waals surface area contributed by atoms with E-state index in [1.165, 1.54) is 16.5 Å². The molecule has 6 heteroatoms. The molecule has 0 spiro atoms. The van der Waals surface area contributed by atoms with E-state index < -0.39 is 11.6 Å². The van der Waals surface area contributed by atoms with Gasteiger partial charge in [-0.2, -0.15) is 0 Å². The molecule has 2 heterocycles. The number of benzene rings is 1. The Labute approximate surface area is 129 Å². The van der Waals surface area contributed by atoms with Crippen molar-refractivity contribution in [1.29, 1.82) is 0 Å².